The summed E-state index contributed by atoms with van der Waals surface area (Å²) in [6.45, 7) is 14.1. The quantitative estimate of drug-likeness (QED) is 0.238. The molecule has 0 saturated heterocycles. The summed E-state index contributed by atoms with van der Waals surface area (Å²) in [4.78, 5) is 2.27. The number of aliphatic hydroxyl groups excluding tert-OH is 1. The molecule has 0 aliphatic heterocycles. The van der Waals surface area contributed by atoms with Gasteiger partial charge in [-0.15, -0.1) is 0 Å². The van der Waals surface area contributed by atoms with Gasteiger partial charge in [-0.2, -0.15) is 0 Å². The highest BCUT2D eigenvalue weighted by atomic mass is 16.5. The van der Waals surface area contributed by atoms with Crippen molar-refractivity contribution >= 4 is 0 Å². The molecule has 0 bridgehead atoms. The van der Waals surface area contributed by atoms with Crippen molar-refractivity contribution in [3.8, 4) is 0 Å². The van der Waals surface area contributed by atoms with Crippen LogP contribution in [-0.4, -0.2) is 116 Å². The van der Waals surface area contributed by atoms with Crippen molar-refractivity contribution in [1.82, 2.24) is 4.90 Å². The molecule has 8 nitrogen and oxygen atoms in total. The fourth-order valence-electron chi connectivity index (χ4n) is 2.24. The predicted octanol–water partition coefficient (Wildman–Crippen LogP) is 1.20. The number of rotatable bonds is 24. The SMILES string of the molecule is CCCOCCOCCN(CCOCCOCCC)CCOCCOCCO. The van der Waals surface area contributed by atoms with Gasteiger partial charge >= 0.3 is 0 Å². The summed E-state index contributed by atoms with van der Waals surface area (Å²) in [5.74, 6) is 0. The van der Waals surface area contributed by atoms with Crippen LogP contribution < -0.4 is 0 Å². The molecule has 0 atom stereocenters. The number of aliphatic hydroxyl groups is 1. The van der Waals surface area contributed by atoms with Gasteiger partial charge in [0.25, 0.3) is 0 Å². The number of hydrogen-bond acceptors (Lipinski definition) is 8. The zero-order valence-corrected chi connectivity index (χ0v) is 18.1. The van der Waals surface area contributed by atoms with Crippen molar-refractivity contribution < 1.29 is 33.5 Å². The van der Waals surface area contributed by atoms with E-state index in [1.54, 1.807) is 0 Å². The van der Waals surface area contributed by atoms with Crippen molar-refractivity contribution in [2.24, 2.45) is 0 Å². The Morgan fingerprint density at radius 2 is 0.786 bits per heavy atom. The molecule has 0 fully saturated rings. The second-order valence-corrected chi connectivity index (χ2v) is 6.24. The Balaban J connectivity index is 3.80. The van der Waals surface area contributed by atoms with E-state index < -0.39 is 0 Å². The first-order valence-electron chi connectivity index (χ1n) is 10.6. The number of ether oxygens (including phenoxy) is 6. The van der Waals surface area contributed by atoms with Gasteiger partial charge in [0.1, 0.15) is 0 Å². The predicted molar refractivity (Wildman–Crippen MR) is 109 cm³/mol. The molecule has 0 aliphatic rings. The molecule has 0 aromatic carbocycles. The summed E-state index contributed by atoms with van der Waals surface area (Å²) in [6.07, 6.45) is 2.06. The summed E-state index contributed by atoms with van der Waals surface area (Å²) in [7, 11) is 0. The van der Waals surface area contributed by atoms with E-state index in [-0.39, 0.29) is 6.61 Å². The van der Waals surface area contributed by atoms with Gasteiger partial charge in [0.15, 0.2) is 0 Å². The molecule has 0 saturated carbocycles. The molecule has 0 aliphatic carbocycles. The van der Waals surface area contributed by atoms with Crippen LogP contribution in [0.25, 0.3) is 0 Å². The smallest absolute Gasteiger partial charge is 0.0701 e. The molecule has 0 rings (SSSR count). The van der Waals surface area contributed by atoms with Gasteiger partial charge in [0.2, 0.25) is 0 Å². The minimum absolute atomic E-state index is 0.0424. The zero-order valence-electron chi connectivity index (χ0n) is 18.1. The topological polar surface area (TPSA) is 78.9 Å². The van der Waals surface area contributed by atoms with E-state index in [9.17, 15) is 0 Å². The molecule has 0 aromatic heterocycles. The normalized spacial score (nSPS) is 11.6. The Kier molecular flexibility index (Phi) is 24.4. The average molecular weight is 410 g/mol. The van der Waals surface area contributed by atoms with Crippen LogP contribution >= 0.6 is 0 Å². The van der Waals surface area contributed by atoms with Crippen molar-refractivity contribution in [1.29, 1.82) is 0 Å². The molecule has 1 N–H and O–H groups in total. The monoisotopic (exact) mass is 409 g/mol. The van der Waals surface area contributed by atoms with Crippen LogP contribution in [0.2, 0.25) is 0 Å². The summed E-state index contributed by atoms with van der Waals surface area (Å²) >= 11 is 0. The molecule has 8 heteroatoms. The lowest BCUT2D eigenvalue weighted by molar-refractivity contribution is 0.00772. The van der Waals surface area contributed by atoms with E-state index in [1.807, 2.05) is 0 Å². The largest absolute Gasteiger partial charge is 0.394 e. The van der Waals surface area contributed by atoms with Crippen LogP contribution in [-0.2, 0) is 28.4 Å². The summed E-state index contributed by atoms with van der Waals surface area (Å²) in [5, 5.41) is 8.66. The van der Waals surface area contributed by atoms with Crippen molar-refractivity contribution in [3.63, 3.8) is 0 Å². The minimum Gasteiger partial charge on any atom is -0.394 e. The molecular formula is C20H43NO7. The second-order valence-electron chi connectivity index (χ2n) is 6.24. The van der Waals surface area contributed by atoms with Crippen LogP contribution in [0.4, 0.5) is 0 Å². The Bertz CT molecular complexity index is 242. The van der Waals surface area contributed by atoms with E-state index in [1.165, 1.54) is 0 Å². The van der Waals surface area contributed by atoms with Gasteiger partial charge in [-0.25, -0.2) is 0 Å². The lowest BCUT2D eigenvalue weighted by atomic mass is 10.4. The third kappa shape index (κ3) is 22.0. The summed E-state index contributed by atoms with van der Waals surface area (Å²) in [5.41, 5.74) is 0. The van der Waals surface area contributed by atoms with Crippen LogP contribution in [0, 0.1) is 0 Å². The fourth-order valence-corrected chi connectivity index (χ4v) is 2.24. The number of hydrogen-bond donors (Lipinski definition) is 1. The lowest BCUT2D eigenvalue weighted by Gasteiger charge is -2.22. The first-order chi connectivity index (χ1) is 13.8. The molecule has 170 valence electrons. The third-order valence-electron chi connectivity index (χ3n) is 3.70. The van der Waals surface area contributed by atoms with E-state index in [2.05, 4.69) is 18.7 Å². The highest BCUT2D eigenvalue weighted by Crippen LogP contribution is 1.93. The molecule has 28 heavy (non-hydrogen) atoms. The summed E-state index contributed by atoms with van der Waals surface area (Å²) in [6, 6.07) is 0. The maximum absolute atomic E-state index is 8.66. The minimum atomic E-state index is 0.0424. The zero-order chi connectivity index (χ0) is 20.5. The van der Waals surface area contributed by atoms with Gasteiger partial charge in [0.05, 0.1) is 72.7 Å². The molecule has 0 aromatic rings. The molecular weight excluding hydrogens is 366 g/mol. The third-order valence-corrected chi connectivity index (χ3v) is 3.70. The van der Waals surface area contributed by atoms with Gasteiger partial charge in [0, 0.05) is 32.8 Å². The van der Waals surface area contributed by atoms with Gasteiger partial charge in [-0.05, 0) is 12.8 Å². The average Bonchev–Trinajstić information content (AvgIpc) is 2.71. The molecule has 0 amide bonds. The van der Waals surface area contributed by atoms with E-state index >= 15 is 0 Å². The van der Waals surface area contributed by atoms with Crippen LogP contribution in [0.3, 0.4) is 0 Å². The molecule has 0 radical (unpaired) electrons. The fraction of sp³-hybridized carbons (Fsp3) is 1.00. The Morgan fingerprint density at radius 1 is 0.464 bits per heavy atom. The first kappa shape index (κ1) is 27.7. The van der Waals surface area contributed by atoms with Crippen molar-refractivity contribution in [2.75, 3.05) is 106 Å². The van der Waals surface area contributed by atoms with Crippen molar-refractivity contribution in [2.45, 2.75) is 26.7 Å². The number of nitrogens with zero attached hydrogens (tertiary/aromatic N) is 1. The maximum atomic E-state index is 8.66. The highest BCUT2D eigenvalue weighted by molar-refractivity contribution is 4.57. The lowest BCUT2D eigenvalue weighted by Crippen LogP contribution is -2.34. The van der Waals surface area contributed by atoms with E-state index in [0.717, 1.165) is 45.7 Å². The van der Waals surface area contributed by atoms with Gasteiger partial charge < -0.3 is 33.5 Å². The van der Waals surface area contributed by atoms with Gasteiger partial charge in [-0.3, -0.25) is 4.90 Å². The standard InChI is InChI=1S/C20H43NO7/c1-3-9-23-15-17-25-11-5-21(6-12-26-18-16-24-10-4-2)7-13-27-19-20-28-14-8-22/h22H,3-20H2,1-2H3. The Hall–Kier alpha value is -0.320. The molecule has 0 unspecified atom stereocenters. The first-order valence-corrected chi connectivity index (χ1v) is 10.6. The Morgan fingerprint density at radius 3 is 1.11 bits per heavy atom. The maximum Gasteiger partial charge on any atom is 0.0701 e. The summed E-state index contributed by atoms with van der Waals surface area (Å²) < 4.78 is 32.9. The highest BCUT2D eigenvalue weighted by Gasteiger charge is 2.05. The van der Waals surface area contributed by atoms with E-state index in [4.69, 9.17) is 33.5 Å². The van der Waals surface area contributed by atoms with Crippen LogP contribution in [0.1, 0.15) is 26.7 Å². The van der Waals surface area contributed by atoms with Crippen LogP contribution in [0.5, 0.6) is 0 Å². The van der Waals surface area contributed by atoms with E-state index in [0.29, 0.717) is 66.1 Å². The van der Waals surface area contributed by atoms with Gasteiger partial charge in [-0.1, -0.05) is 13.8 Å². The van der Waals surface area contributed by atoms with Crippen molar-refractivity contribution in [3.05, 3.63) is 0 Å². The molecule has 0 heterocycles. The molecule has 0 spiro atoms. The Labute approximate surface area is 171 Å². The van der Waals surface area contributed by atoms with Crippen LogP contribution in [0.15, 0.2) is 0 Å². The second kappa shape index (κ2) is 24.7.